The minimum atomic E-state index is -3.69. The van der Waals surface area contributed by atoms with E-state index in [2.05, 4.69) is 15.1 Å². The van der Waals surface area contributed by atoms with Crippen molar-refractivity contribution in [2.75, 3.05) is 18.6 Å². The van der Waals surface area contributed by atoms with Crippen molar-refractivity contribution in [1.82, 2.24) is 9.71 Å². The molecule has 1 aromatic rings. The van der Waals surface area contributed by atoms with Crippen LogP contribution in [0.3, 0.4) is 0 Å². The summed E-state index contributed by atoms with van der Waals surface area (Å²) in [5.74, 6) is 5.29. The number of pyridine rings is 1. The molecule has 0 radical (unpaired) electrons. The monoisotopic (exact) mass is 314 g/mol. The second-order valence-electron chi connectivity index (χ2n) is 5.03. The fraction of sp³-hybridized carbons (Fsp3) is 0.615. The van der Waals surface area contributed by atoms with Crippen molar-refractivity contribution in [3.05, 3.63) is 18.3 Å². The van der Waals surface area contributed by atoms with Crippen LogP contribution in [0, 0.1) is 0 Å². The molecule has 1 aromatic heterocycles. The Bertz CT molecular complexity index is 544. The van der Waals surface area contributed by atoms with E-state index in [1.54, 1.807) is 12.1 Å². The van der Waals surface area contributed by atoms with Crippen LogP contribution < -0.4 is 16.0 Å². The Morgan fingerprint density at radius 3 is 2.81 bits per heavy atom. The van der Waals surface area contributed by atoms with Gasteiger partial charge in [-0.3, -0.25) is 5.84 Å². The third-order valence-electron chi connectivity index (χ3n) is 3.48. The van der Waals surface area contributed by atoms with Crippen LogP contribution in [0.15, 0.2) is 23.4 Å². The third kappa shape index (κ3) is 4.63. The van der Waals surface area contributed by atoms with Crippen molar-refractivity contribution >= 4 is 15.7 Å². The lowest BCUT2D eigenvalue weighted by atomic mass is 9.98. The topological polar surface area (TPSA) is 106 Å². The quantitative estimate of drug-likeness (QED) is 0.394. The summed E-state index contributed by atoms with van der Waals surface area (Å²) in [7, 11) is -3.69. The van der Waals surface area contributed by atoms with E-state index < -0.39 is 10.0 Å². The molecule has 0 amide bonds. The average Bonchev–Trinajstić information content (AvgIpc) is 2.52. The average molecular weight is 314 g/mol. The lowest BCUT2D eigenvalue weighted by Gasteiger charge is -2.22. The highest BCUT2D eigenvalue weighted by Crippen LogP contribution is 2.20. The van der Waals surface area contributed by atoms with Crippen LogP contribution in [0.2, 0.25) is 0 Å². The Labute approximate surface area is 125 Å². The van der Waals surface area contributed by atoms with Gasteiger partial charge >= 0.3 is 0 Å². The maximum absolute atomic E-state index is 12.1. The first-order valence-corrected chi connectivity index (χ1v) is 8.64. The molecule has 2 rings (SSSR count). The van der Waals surface area contributed by atoms with Gasteiger partial charge in [-0.1, -0.05) is 19.3 Å². The predicted molar refractivity (Wildman–Crippen MR) is 80.1 cm³/mol. The molecule has 1 aliphatic carbocycles. The SMILES string of the molecule is NNc1cccnc1S(=O)(=O)NCCOC1CCCCC1. The molecular weight excluding hydrogens is 292 g/mol. The molecule has 8 heteroatoms. The maximum atomic E-state index is 12.1. The van der Waals surface area contributed by atoms with Gasteiger partial charge < -0.3 is 10.2 Å². The van der Waals surface area contributed by atoms with E-state index in [-0.39, 0.29) is 23.4 Å². The normalized spacial score (nSPS) is 16.8. The molecule has 0 bridgehead atoms. The molecule has 118 valence electrons. The van der Waals surface area contributed by atoms with Gasteiger partial charge in [0.05, 0.1) is 18.4 Å². The number of hydrazine groups is 1. The zero-order chi connectivity index (χ0) is 15.1. The molecule has 1 fully saturated rings. The Kier molecular flexibility index (Phi) is 5.92. The van der Waals surface area contributed by atoms with Crippen LogP contribution in [0.25, 0.3) is 0 Å². The van der Waals surface area contributed by atoms with Crippen LogP contribution in [-0.2, 0) is 14.8 Å². The number of rotatable bonds is 7. The number of nitrogens with one attached hydrogen (secondary N) is 2. The van der Waals surface area contributed by atoms with Crippen molar-refractivity contribution < 1.29 is 13.2 Å². The van der Waals surface area contributed by atoms with Gasteiger partial charge in [0.2, 0.25) is 0 Å². The lowest BCUT2D eigenvalue weighted by Crippen LogP contribution is -2.30. The second-order valence-corrected chi connectivity index (χ2v) is 6.71. The van der Waals surface area contributed by atoms with Crippen LogP contribution in [0.4, 0.5) is 5.69 Å². The molecule has 0 aliphatic heterocycles. The maximum Gasteiger partial charge on any atom is 0.260 e. The van der Waals surface area contributed by atoms with Crippen molar-refractivity contribution in [3.8, 4) is 0 Å². The highest BCUT2D eigenvalue weighted by atomic mass is 32.2. The van der Waals surface area contributed by atoms with Crippen LogP contribution >= 0.6 is 0 Å². The minimum Gasteiger partial charge on any atom is -0.377 e. The van der Waals surface area contributed by atoms with Crippen molar-refractivity contribution in [2.45, 2.75) is 43.2 Å². The van der Waals surface area contributed by atoms with Gasteiger partial charge in [-0.25, -0.2) is 18.1 Å². The molecule has 0 atom stereocenters. The summed E-state index contributed by atoms with van der Waals surface area (Å²) in [6.07, 6.45) is 7.45. The molecule has 1 heterocycles. The molecule has 0 aromatic carbocycles. The number of ether oxygens (including phenoxy) is 1. The van der Waals surface area contributed by atoms with Gasteiger partial charge in [0.1, 0.15) is 0 Å². The standard InChI is InChI=1S/C13H22N4O3S/c14-17-12-7-4-8-15-13(12)21(18,19)16-9-10-20-11-5-2-1-3-6-11/h4,7-8,11,16-17H,1-3,5-6,9-10,14H2. The summed E-state index contributed by atoms with van der Waals surface area (Å²) in [5, 5.41) is -0.106. The van der Waals surface area contributed by atoms with E-state index in [0.29, 0.717) is 6.61 Å². The second kappa shape index (κ2) is 7.69. The summed E-state index contributed by atoms with van der Waals surface area (Å²) in [6, 6.07) is 3.17. The number of aromatic nitrogens is 1. The number of nitrogens with zero attached hydrogens (tertiary/aromatic N) is 1. The Balaban J connectivity index is 1.83. The Morgan fingerprint density at radius 1 is 1.33 bits per heavy atom. The highest BCUT2D eigenvalue weighted by molar-refractivity contribution is 7.89. The molecular formula is C13H22N4O3S. The third-order valence-corrected chi connectivity index (χ3v) is 4.90. The molecule has 4 N–H and O–H groups in total. The lowest BCUT2D eigenvalue weighted by molar-refractivity contribution is 0.0321. The van der Waals surface area contributed by atoms with Crippen LogP contribution in [-0.4, -0.2) is 32.7 Å². The molecule has 21 heavy (non-hydrogen) atoms. The number of anilines is 1. The summed E-state index contributed by atoms with van der Waals surface area (Å²) in [5.41, 5.74) is 2.59. The van der Waals surface area contributed by atoms with E-state index in [0.717, 1.165) is 12.8 Å². The van der Waals surface area contributed by atoms with Gasteiger partial charge in [-0.15, -0.1) is 0 Å². The first-order chi connectivity index (χ1) is 10.1. The molecule has 7 nitrogen and oxygen atoms in total. The van der Waals surface area contributed by atoms with Gasteiger partial charge in [-0.05, 0) is 25.0 Å². The molecule has 1 saturated carbocycles. The van der Waals surface area contributed by atoms with Gasteiger partial charge in [-0.2, -0.15) is 0 Å². The van der Waals surface area contributed by atoms with Crippen LogP contribution in [0.1, 0.15) is 32.1 Å². The predicted octanol–water partition coefficient (Wildman–Crippen LogP) is 0.995. The summed E-state index contributed by atoms with van der Waals surface area (Å²) in [6.45, 7) is 0.585. The van der Waals surface area contributed by atoms with Gasteiger partial charge in [0.25, 0.3) is 10.0 Å². The molecule has 0 spiro atoms. The number of nitrogen functional groups attached to an aromatic ring is 1. The van der Waals surface area contributed by atoms with E-state index in [1.807, 2.05) is 0 Å². The van der Waals surface area contributed by atoms with E-state index >= 15 is 0 Å². The molecule has 0 unspecified atom stereocenters. The van der Waals surface area contributed by atoms with E-state index in [1.165, 1.54) is 25.5 Å². The largest absolute Gasteiger partial charge is 0.377 e. The Morgan fingerprint density at radius 2 is 2.10 bits per heavy atom. The fourth-order valence-corrected chi connectivity index (χ4v) is 3.52. The number of sulfonamides is 1. The zero-order valence-corrected chi connectivity index (χ0v) is 12.7. The summed E-state index contributed by atoms with van der Waals surface area (Å²) < 4.78 is 32.4. The zero-order valence-electron chi connectivity index (χ0n) is 11.9. The van der Waals surface area contributed by atoms with Gasteiger partial charge in [0.15, 0.2) is 5.03 Å². The Hall–Kier alpha value is -1.22. The smallest absolute Gasteiger partial charge is 0.260 e. The number of hydrogen-bond acceptors (Lipinski definition) is 6. The van der Waals surface area contributed by atoms with Crippen molar-refractivity contribution in [1.29, 1.82) is 0 Å². The highest BCUT2D eigenvalue weighted by Gasteiger charge is 2.19. The minimum absolute atomic E-state index is 0.106. The first kappa shape index (κ1) is 16.2. The van der Waals surface area contributed by atoms with E-state index in [4.69, 9.17) is 10.6 Å². The van der Waals surface area contributed by atoms with Gasteiger partial charge in [0, 0.05) is 12.7 Å². The summed E-state index contributed by atoms with van der Waals surface area (Å²) in [4.78, 5) is 3.86. The van der Waals surface area contributed by atoms with E-state index in [9.17, 15) is 8.42 Å². The molecule has 1 aliphatic rings. The first-order valence-electron chi connectivity index (χ1n) is 7.16. The van der Waals surface area contributed by atoms with Crippen molar-refractivity contribution in [3.63, 3.8) is 0 Å². The number of hydrogen-bond donors (Lipinski definition) is 3. The van der Waals surface area contributed by atoms with Crippen LogP contribution in [0.5, 0.6) is 0 Å². The summed E-state index contributed by atoms with van der Waals surface area (Å²) >= 11 is 0. The molecule has 0 saturated heterocycles. The van der Waals surface area contributed by atoms with Crippen molar-refractivity contribution in [2.24, 2.45) is 5.84 Å². The number of nitrogens with two attached hydrogens (primary N) is 1. The fourth-order valence-electron chi connectivity index (χ4n) is 2.42.